The van der Waals surface area contributed by atoms with Gasteiger partial charge in [-0.2, -0.15) is 0 Å². The van der Waals surface area contributed by atoms with Gasteiger partial charge in [0.25, 0.3) is 0 Å². The van der Waals surface area contributed by atoms with Crippen LogP contribution in [0.25, 0.3) is 0 Å². The van der Waals surface area contributed by atoms with Crippen LogP contribution < -0.4 is 0 Å². The summed E-state index contributed by atoms with van der Waals surface area (Å²) in [7, 11) is 0. The summed E-state index contributed by atoms with van der Waals surface area (Å²) < 4.78 is 0. The fraction of sp³-hybridized carbons (Fsp3) is 0. The Morgan fingerprint density at radius 3 is 0.231 bits per heavy atom. The Labute approximate surface area is 144 Å². The van der Waals surface area contributed by atoms with Gasteiger partial charge in [0.1, 0.15) is 0 Å². The van der Waals surface area contributed by atoms with Crippen molar-refractivity contribution in [2.45, 2.75) is 0 Å². The summed E-state index contributed by atoms with van der Waals surface area (Å²) in [6.07, 6.45) is 0. The van der Waals surface area contributed by atoms with E-state index in [2.05, 4.69) is 0 Å². The normalized spacial score (nSPS) is 0. The van der Waals surface area contributed by atoms with Gasteiger partial charge in [0, 0.05) is 55.7 Å². The molecule has 0 aliphatic heterocycles. The molecule has 9 nitrogen and oxygen atoms in total. The summed E-state index contributed by atoms with van der Waals surface area (Å²) in [4.78, 5) is 0. The van der Waals surface area contributed by atoms with E-state index in [1.165, 1.54) is 0 Å². The van der Waals surface area contributed by atoms with Gasteiger partial charge < -0.3 is 49.3 Å². The molecule has 0 aliphatic carbocycles. The van der Waals surface area contributed by atoms with Gasteiger partial charge >= 0.3 is 41.3 Å². The molecule has 13 heteroatoms. The fourth-order valence-corrected chi connectivity index (χ4v) is 0. The van der Waals surface area contributed by atoms with Crippen LogP contribution in [0.2, 0.25) is 0 Å². The quantitative estimate of drug-likeness (QED) is 0.438. The van der Waals surface area contributed by atoms with Gasteiger partial charge in [0.05, 0.1) is 0 Å². The molecular weight excluding hydrogens is 438 g/mol. The maximum atomic E-state index is 0. The standard InChI is InChI=1S/9O.Pr.3V/q9*-2;+3;;;. The minimum atomic E-state index is 0. The predicted octanol–water partition coefficient (Wildman–Crippen LogP) is -1.08. The molecule has 0 bridgehead atoms. The van der Waals surface area contributed by atoms with Gasteiger partial charge in [-0.3, -0.25) is 0 Å². The molecule has 0 saturated carbocycles. The first kappa shape index (κ1) is 451. The first-order valence-corrected chi connectivity index (χ1v) is 0. The second-order valence-electron chi connectivity index (χ2n) is 0. The smallest absolute Gasteiger partial charge is 2.00 e. The molecule has 0 aromatic carbocycles. The first-order valence-electron chi connectivity index (χ1n) is 0. The van der Waals surface area contributed by atoms with Crippen LogP contribution in [0.4, 0.5) is 0 Å². The summed E-state index contributed by atoms with van der Waals surface area (Å²) in [6.45, 7) is 0. The van der Waals surface area contributed by atoms with Crippen LogP contribution in [0.3, 0.4) is 0 Å². The average Bonchev–Trinajstić information content (AvgIpc) is 0. The Hall–Kier alpha value is 2.76. The van der Waals surface area contributed by atoms with E-state index in [0.717, 1.165) is 0 Å². The minimum absolute atomic E-state index is 0. The first-order chi connectivity index (χ1) is 0. The molecule has 0 unspecified atom stereocenters. The molecule has 3 radical (unpaired) electrons. The summed E-state index contributed by atoms with van der Waals surface area (Å²) in [5.41, 5.74) is 0. The van der Waals surface area contributed by atoms with E-state index in [1.807, 2.05) is 0 Å². The van der Waals surface area contributed by atoms with Crippen LogP contribution in [0, 0.1) is 41.3 Å². The van der Waals surface area contributed by atoms with Gasteiger partial charge in [0.2, 0.25) is 0 Å². The molecule has 0 fully saturated rings. The van der Waals surface area contributed by atoms with Crippen molar-refractivity contribution in [2.75, 3.05) is 0 Å². The molecule has 13 heavy (non-hydrogen) atoms. The van der Waals surface area contributed by atoms with Crippen molar-refractivity contribution in [3.8, 4) is 0 Å². The number of rotatable bonds is 0. The summed E-state index contributed by atoms with van der Waals surface area (Å²) in [5, 5.41) is 0. The third-order valence-electron chi connectivity index (χ3n) is 0. The van der Waals surface area contributed by atoms with E-state index < -0.39 is 0 Å². The molecule has 0 aromatic heterocycles. The van der Waals surface area contributed by atoms with Gasteiger partial charge in [-0.25, -0.2) is 0 Å². The van der Waals surface area contributed by atoms with Crippen LogP contribution in [0.1, 0.15) is 0 Å². The van der Waals surface area contributed by atoms with Gasteiger partial charge in [-0.15, -0.1) is 0 Å². The maximum Gasteiger partial charge on any atom is 3.00 e. The van der Waals surface area contributed by atoms with Crippen molar-refractivity contribution in [2.24, 2.45) is 0 Å². The number of hydrogen-bond donors (Lipinski definition) is 0. The summed E-state index contributed by atoms with van der Waals surface area (Å²) in [6, 6.07) is 0. The van der Waals surface area contributed by atoms with Crippen molar-refractivity contribution in [1.82, 2.24) is 0 Å². The molecule has 0 saturated heterocycles. The van der Waals surface area contributed by atoms with Crippen molar-refractivity contribution in [3.05, 3.63) is 0 Å². The van der Waals surface area contributed by atoms with E-state index in [9.17, 15) is 0 Å². The third-order valence-corrected chi connectivity index (χ3v) is 0. The van der Waals surface area contributed by atoms with E-state index >= 15 is 0 Å². The molecule has 87 valence electrons. The van der Waals surface area contributed by atoms with Crippen LogP contribution in [0.5, 0.6) is 0 Å². The second-order valence-corrected chi connectivity index (χ2v) is 0. The Bertz CT molecular complexity index is 14.8. The van der Waals surface area contributed by atoms with Gasteiger partial charge in [-0.05, 0) is 0 Å². The topological polar surface area (TPSA) is 256 Å². The molecular formula is O9PrV3-15. The van der Waals surface area contributed by atoms with Crippen molar-refractivity contribution < 1.29 is 146 Å². The van der Waals surface area contributed by atoms with Crippen molar-refractivity contribution in [1.29, 1.82) is 0 Å². The zero-order valence-electron chi connectivity index (χ0n) is 5.59. The average molecular weight is 438 g/mol. The van der Waals surface area contributed by atoms with Crippen LogP contribution >= 0.6 is 0 Å². The minimum Gasteiger partial charge on any atom is -2.00 e. The zero-order valence-corrected chi connectivity index (χ0v) is 13.5. The predicted molar refractivity (Wildman–Crippen MR) is 6.18 cm³/mol. The molecule has 0 rings (SSSR count). The molecule has 0 N–H and O–H groups in total. The maximum absolute atomic E-state index is 0. The van der Waals surface area contributed by atoms with Crippen LogP contribution in [-0.2, 0) is 105 Å². The Balaban J connectivity index is 0. The Morgan fingerprint density at radius 2 is 0.231 bits per heavy atom. The van der Waals surface area contributed by atoms with E-state index in [0.29, 0.717) is 0 Å². The van der Waals surface area contributed by atoms with Crippen molar-refractivity contribution >= 4 is 0 Å². The van der Waals surface area contributed by atoms with Gasteiger partial charge in [0.15, 0.2) is 0 Å². The molecule has 0 aromatic rings. The molecule has 0 heterocycles. The largest absolute Gasteiger partial charge is 3.00 e. The van der Waals surface area contributed by atoms with Gasteiger partial charge in [-0.1, -0.05) is 0 Å². The summed E-state index contributed by atoms with van der Waals surface area (Å²) >= 11 is 0. The Kier molecular flexibility index (Phi) is 12800. The molecule has 0 amide bonds. The Morgan fingerprint density at radius 1 is 0.231 bits per heavy atom. The number of hydrogen-bond acceptors (Lipinski definition) is 0. The van der Waals surface area contributed by atoms with Crippen LogP contribution in [-0.4, -0.2) is 0 Å². The monoisotopic (exact) mass is 438 g/mol. The van der Waals surface area contributed by atoms with E-state index in [4.69, 9.17) is 0 Å². The summed E-state index contributed by atoms with van der Waals surface area (Å²) in [5.74, 6) is 0. The SMILES string of the molecule is [O-2].[O-2].[O-2].[O-2].[O-2].[O-2].[O-2].[O-2].[O-2].[Pr+3].[V].[V].[V]. The molecule has 0 spiro atoms. The van der Waals surface area contributed by atoms with Crippen LogP contribution in [0.15, 0.2) is 0 Å². The molecule has 0 atom stereocenters. The third kappa shape index (κ3) is 316. The van der Waals surface area contributed by atoms with E-state index in [-0.39, 0.29) is 146 Å². The molecule has 0 aliphatic rings. The van der Waals surface area contributed by atoms with Crippen molar-refractivity contribution in [3.63, 3.8) is 0 Å². The fourth-order valence-electron chi connectivity index (χ4n) is 0. The van der Waals surface area contributed by atoms with E-state index in [1.54, 1.807) is 0 Å². The zero-order chi connectivity index (χ0) is 0. The second kappa shape index (κ2) is 367.